The van der Waals surface area contributed by atoms with E-state index < -0.39 is 0 Å². The highest BCUT2D eigenvalue weighted by molar-refractivity contribution is 5.72. The zero-order valence-electron chi connectivity index (χ0n) is 13.4. The van der Waals surface area contributed by atoms with Gasteiger partial charge in [-0.1, -0.05) is 34.1 Å². The summed E-state index contributed by atoms with van der Waals surface area (Å²) in [5.74, 6) is 2.46. The lowest BCUT2D eigenvalue weighted by atomic mass is 9.67. The van der Waals surface area contributed by atoms with Gasteiger partial charge >= 0.3 is 5.97 Å². The summed E-state index contributed by atoms with van der Waals surface area (Å²) in [6, 6.07) is 0. The van der Waals surface area contributed by atoms with Gasteiger partial charge in [-0.15, -0.1) is 0 Å². The lowest BCUT2D eigenvalue weighted by Crippen LogP contribution is -2.41. The first kappa shape index (κ1) is 15.8. The molecular weight excluding hydrogens is 252 g/mol. The predicted molar refractivity (Wildman–Crippen MR) is 79.4 cm³/mol. The molecule has 2 rings (SSSR count). The molecule has 116 valence electrons. The van der Waals surface area contributed by atoms with E-state index in [4.69, 9.17) is 9.47 Å². The molecule has 1 saturated carbocycles. The van der Waals surface area contributed by atoms with Crippen LogP contribution in [0.1, 0.15) is 59.8 Å². The number of hydrogen-bond donors (Lipinski definition) is 0. The molecule has 0 aromatic rings. The predicted octanol–water partition coefficient (Wildman–Crippen LogP) is 3.81. The first-order chi connectivity index (χ1) is 9.52. The third-order valence-electron chi connectivity index (χ3n) is 5.03. The summed E-state index contributed by atoms with van der Waals surface area (Å²) in [5, 5.41) is 0. The van der Waals surface area contributed by atoms with Crippen LogP contribution in [0, 0.1) is 23.7 Å². The molecule has 3 unspecified atom stereocenters. The van der Waals surface area contributed by atoms with Crippen molar-refractivity contribution in [3.05, 3.63) is 0 Å². The highest BCUT2D eigenvalue weighted by atomic mass is 16.6. The third kappa shape index (κ3) is 3.55. The van der Waals surface area contributed by atoms with Gasteiger partial charge in [0.1, 0.15) is 12.2 Å². The van der Waals surface area contributed by atoms with Gasteiger partial charge in [0.15, 0.2) is 0 Å². The van der Waals surface area contributed by atoms with Gasteiger partial charge in [0.25, 0.3) is 0 Å². The van der Waals surface area contributed by atoms with Gasteiger partial charge in [-0.3, -0.25) is 4.79 Å². The topological polar surface area (TPSA) is 35.5 Å². The van der Waals surface area contributed by atoms with Crippen LogP contribution in [-0.4, -0.2) is 24.8 Å². The maximum Gasteiger partial charge on any atom is 0.308 e. The Morgan fingerprint density at radius 1 is 1.35 bits per heavy atom. The number of esters is 1. The molecule has 0 radical (unpaired) electrons. The number of hydrogen-bond acceptors (Lipinski definition) is 3. The van der Waals surface area contributed by atoms with Gasteiger partial charge in [-0.25, -0.2) is 0 Å². The minimum absolute atomic E-state index is 0.0100. The van der Waals surface area contributed by atoms with Gasteiger partial charge in [0.05, 0.1) is 6.42 Å². The summed E-state index contributed by atoms with van der Waals surface area (Å²) in [7, 11) is 0. The van der Waals surface area contributed by atoms with Crippen LogP contribution in [0.25, 0.3) is 0 Å². The van der Waals surface area contributed by atoms with E-state index in [1.807, 2.05) is 0 Å². The number of carbonyl (C=O) groups is 1. The highest BCUT2D eigenvalue weighted by Crippen LogP contribution is 2.43. The van der Waals surface area contributed by atoms with Crippen LogP contribution in [0.5, 0.6) is 0 Å². The zero-order valence-corrected chi connectivity index (χ0v) is 13.4. The van der Waals surface area contributed by atoms with Crippen LogP contribution in [-0.2, 0) is 14.3 Å². The average molecular weight is 282 g/mol. The van der Waals surface area contributed by atoms with Gasteiger partial charge in [-0.2, -0.15) is 0 Å². The van der Waals surface area contributed by atoms with Crippen molar-refractivity contribution in [2.24, 2.45) is 23.7 Å². The Bertz CT molecular complexity index is 326. The fourth-order valence-corrected chi connectivity index (χ4v) is 4.00. The third-order valence-corrected chi connectivity index (χ3v) is 5.03. The summed E-state index contributed by atoms with van der Waals surface area (Å²) in [5.41, 5.74) is 0. The van der Waals surface area contributed by atoms with E-state index in [9.17, 15) is 4.79 Å². The number of carbonyl (C=O) groups excluding carboxylic acids is 1. The average Bonchev–Trinajstić information content (AvgIpc) is 2.77. The van der Waals surface area contributed by atoms with Crippen molar-refractivity contribution in [3.8, 4) is 0 Å². The van der Waals surface area contributed by atoms with Crippen molar-refractivity contribution in [2.45, 2.75) is 72.0 Å². The Kier molecular flexibility index (Phi) is 5.48. The van der Waals surface area contributed by atoms with E-state index in [0.29, 0.717) is 24.2 Å². The molecule has 1 heterocycles. The van der Waals surface area contributed by atoms with Gasteiger partial charge < -0.3 is 9.47 Å². The Balaban J connectivity index is 2.09. The van der Waals surface area contributed by atoms with Crippen molar-refractivity contribution in [1.82, 2.24) is 0 Å². The summed E-state index contributed by atoms with van der Waals surface area (Å²) < 4.78 is 11.6. The summed E-state index contributed by atoms with van der Waals surface area (Å²) >= 11 is 0. The van der Waals surface area contributed by atoms with Gasteiger partial charge in [0.2, 0.25) is 0 Å². The summed E-state index contributed by atoms with van der Waals surface area (Å²) in [6.07, 6.45) is 5.15. The lowest BCUT2D eigenvalue weighted by Gasteiger charge is -2.41. The highest BCUT2D eigenvalue weighted by Gasteiger charge is 2.46. The number of ether oxygens (including phenoxy) is 2. The molecule has 3 nitrogen and oxygen atoms in total. The Morgan fingerprint density at radius 2 is 2.10 bits per heavy atom. The second kappa shape index (κ2) is 6.93. The van der Waals surface area contributed by atoms with Crippen molar-refractivity contribution < 1.29 is 14.3 Å². The van der Waals surface area contributed by atoms with Crippen LogP contribution < -0.4 is 0 Å². The van der Waals surface area contributed by atoms with E-state index in [1.165, 1.54) is 19.3 Å². The van der Waals surface area contributed by atoms with Gasteiger partial charge in [-0.05, 0) is 37.0 Å². The first-order valence-corrected chi connectivity index (χ1v) is 8.34. The maximum absolute atomic E-state index is 11.7. The maximum atomic E-state index is 11.7. The summed E-state index contributed by atoms with van der Waals surface area (Å²) in [4.78, 5) is 11.7. The van der Waals surface area contributed by atoms with Crippen molar-refractivity contribution in [2.75, 3.05) is 6.61 Å². The second-order valence-corrected chi connectivity index (χ2v) is 7.06. The fraction of sp³-hybridized carbons (Fsp3) is 0.941. The Labute approximate surface area is 123 Å². The van der Waals surface area contributed by atoms with Crippen LogP contribution in [0.4, 0.5) is 0 Å². The SMILES string of the molecule is CCCO[C@@H]1CC(=O)O[C@H]1C1CC(C)CCC1C(C)C. The quantitative estimate of drug-likeness (QED) is 0.719. The molecule has 0 bridgehead atoms. The van der Waals surface area contributed by atoms with Crippen molar-refractivity contribution in [3.63, 3.8) is 0 Å². The first-order valence-electron chi connectivity index (χ1n) is 8.34. The van der Waals surface area contributed by atoms with E-state index in [-0.39, 0.29) is 18.2 Å². The van der Waals surface area contributed by atoms with E-state index >= 15 is 0 Å². The molecule has 1 aliphatic carbocycles. The number of cyclic esters (lactones) is 1. The Hall–Kier alpha value is -0.570. The molecule has 2 aliphatic rings. The molecule has 0 amide bonds. The second-order valence-electron chi connectivity index (χ2n) is 7.06. The molecule has 0 aromatic carbocycles. The normalized spacial score (nSPS) is 38.2. The fourth-order valence-electron chi connectivity index (χ4n) is 4.00. The molecular formula is C17H30O3. The molecule has 0 spiro atoms. The largest absolute Gasteiger partial charge is 0.459 e. The molecule has 3 heteroatoms. The van der Waals surface area contributed by atoms with E-state index in [1.54, 1.807) is 0 Å². The van der Waals surface area contributed by atoms with Crippen LogP contribution >= 0.6 is 0 Å². The molecule has 1 aliphatic heterocycles. The van der Waals surface area contributed by atoms with E-state index in [2.05, 4.69) is 27.7 Å². The molecule has 5 atom stereocenters. The number of rotatable bonds is 5. The zero-order chi connectivity index (χ0) is 14.7. The molecule has 0 aromatic heterocycles. The minimum atomic E-state index is -0.0724. The molecule has 20 heavy (non-hydrogen) atoms. The standard InChI is InChI=1S/C17H30O3/c1-5-8-19-15-10-16(18)20-17(15)14-9-12(4)6-7-13(14)11(2)3/h11-15,17H,5-10H2,1-4H3/t12?,13?,14?,15-,17+/m1/s1. The minimum Gasteiger partial charge on any atom is -0.459 e. The molecule has 0 N–H and O–H groups in total. The van der Waals surface area contributed by atoms with Crippen LogP contribution in [0.2, 0.25) is 0 Å². The Morgan fingerprint density at radius 3 is 2.75 bits per heavy atom. The smallest absolute Gasteiger partial charge is 0.308 e. The van der Waals surface area contributed by atoms with Crippen molar-refractivity contribution in [1.29, 1.82) is 0 Å². The lowest BCUT2D eigenvalue weighted by molar-refractivity contribution is -0.147. The molecule has 2 fully saturated rings. The monoisotopic (exact) mass is 282 g/mol. The van der Waals surface area contributed by atoms with Crippen molar-refractivity contribution >= 4 is 5.97 Å². The van der Waals surface area contributed by atoms with Crippen LogP contribution in [0.3, 0.4) is 0 Å². The molecule has 1 saturated heterocycles. The summed E-state index contributed by atoms with van der Waals surface area (Å²) in [6.45, 7) is 9.75. The van der Waals surface area contributed by atoms with Gasteiger partial charge in [0, 0.05) is 12.5 Å². The van der Waals surface area contributed by atoms with E-state index in [0.717, 1.165) is 18.9 Å². The van der Waals surface area contributed by atoms with Crippen LogP contribution in [0.15, 0.2) is 0 Å².